The fourth-order valence-electron chi connectivity index (χ4n) is 2.23. The molecule has 0 spiro atoms. The zero-order chi connectivity index (χ0) is 17.7. The highest BCUT2D eigenvalue weighted by Gasteiger charge is 2.19. The fraction of sp³-hybridized carbons (Fsp3) is 0.294. The molecule has 2 aromatic rings. The van der Waals surface area contributed by atoms with Crippen LogP contribution in [0.1, 0.15) is 45.0 Å². The van der Waals surface area contributed by atoms with Gasteiger partial charge in [-0.15, -0.1) is 0 Å². The van der Waals surface area contributed by atoms with Crippen molar-refractivity contribution in [1.82, 2.24) is 0 Å². The maximum atomic E-state index is 12.4. The van der Waals surface area contributed by atoms with Crippen molar-refractivity contribution in [3.8, 4) is 0 Å². The first kappa shape index (κ1) is 17.8. The third-order valence-corrected chi connectivity index (χ3v) is 4.59. The summed E-state index contributed by atoms with van der Waals surface area (Å²) in [6, 6.07) is 8.28. The average Bonchev–Trinajstić information content (AvgIpc) is 3.09. The molecule has 2 rings (SSSR count). The lowest BCUT2D eigenvalue weighted by molar-refractivity contribution is -0.380. The van der Waals surface area contributed by atoms with E-state index in [-0.39, 0.29) is 22.3 Å². The lowest BCUT2D eigenvalue weighted by atomic mass is 9.98. The van der Waals surface area contributed by atoms with E-state index in [4.69, 9.17) is 4.74 Å². The lowest BCUT2D eigenvalue weighted by Gasteiger charge is -2.09. The first-order valence-electron chi connectivity index (χ1n) is 7.52. The van der Waals surface area contributed by atoms with E-state index in [1.807, 2.05) is 32.0 Å². The highest BCUT2D eigenvalue weighted by molar-refractivity contribution is 7.17. The second-order valence-corrected chi connectivity index (χ2v) is 6.16. The number of hydrogen-bond acceptors (Lipinski definition) is 6. The number of rotatable bonds is 7. The molecule has 0 amide bonds. The SMILES string of the molecule is CCc1ccc(CC)c(C(=O)COC(=O)c2ccc([N+](=O)[O-])s2)c1. The van der Waals surface area contributed by atoms with Gasteiger partial charge in [-0.3, -0.25) is 14.9 Å². The van der Waals surface area contributed by atoms with E-state index in [1.54, 1.807) is 0 Å². The molecule has 0 aliphatic rings. The molecule has 0 aliphatic heterocycles. The second kappa shape index (κ2) is 7.83. The van der Waals surface area contributed by atoms with E-state index in [0.29, 0.717) is 12.0 Å². The summed E-state index contributed by atoms with van der Waals surface area (Å²) in [7, 11) is 0. The number of Topliss-reactive ketones (excluding diaryl/α,β-unsaturated/α-hetero) is 1. The molecular weight excluding hydrogens is 330 g/mol. The Morgan fingerprint density at radius 2 is 1.92 bits per heavy atom. The van der Waals surface area contributed by atoms with E-state index in [2.05, 4.69) is 0 Å². The lowest BCUT2D eigenvalue weighted by Crippen LogP contribution is -2.15. The number of nitro groups is 1. The van der Waals surface area contributed by atoms with Crippen LogP contribution in [0.3, 0.4) is 0 Å². The van der Waals surface area contributed by atoms with Crippen molar-refractivity contribution < 1.29 is 19.2 Å². The van der Waals surface area contributed by atoms with Crippen molar-refractivity contribution >= 4 is 28.1 Å². The van der Waals surface area contributed by atoms with Gasteiger partial charge in [-0.1, -0.05) is 37.3 Å². The van der Waals surface area contributed by atoms with Gasteiger partial charge in [-0.05, 0) is 36.1 Å². The Bertz CT molecular complexity index is 781. The fourth-order valence-corrected chi connectivity index (χ4v) is 2.94. The largest absolute Gasteiger partial charge is 0.453 e. The number of carbonyl (C=O) groups excluding carboxylic acids is 2. The third-order valence-electron chi connectivity index (χ3n) is 3.57. The predicted molar refractivity (Wildman–Crippen MR) is 90.8 cm³/mol. The Morgan fingerprint density at radius 3 is 2.50 bits per heavy atom. The second-order valence-electron chi connectivity index (χ2n) is 5.09. The summed E-state index contributed by atoms with van der Waals surface area (Å²) < 4.78 is 5.01. The first-order valence-corrected chi connectivity index (χ1v) is 8.34. The van der Waals surface area contributed by atoms with E-state index in [9.17, 15) is 19.7 Å². The summed E-state index contributed by atoms with van der Waals surface area (Å²) in [6.45, 7) is 3.57. The number of aryl methyl sites for hydroxylation is 2. The molecule has 24 heavy (non-hydrogen) atoms. The molecule has 0 radical (unpaired) electrons. The van der Waals surface area contributed by atoms with Crippen molar-refractivity contribution in [2.75, 3.05) is 6.61 Å². The molecule has 0 N–H and O–H groups in total. The molecule has 1 aromatic carbocycles. The summed E-state index contributed by atoms with van der Waals surface area (Å²) in [4.78, 5) is 34.4. The molecule has 6 nitrogen and oxygen atoms in total. The Hall–Kier alpha value is -2.54. The Balaban J connectivity index is 2.07. The molecule has 7 heteroatoms. The minimum absolute atomic E-state index is 0.104. The molecule has 0 aliphatic carbocycles. The summed E-state index contributed by atoms with van der Waals surface area (Å²) >= 11 is 0.725. The molecule has 0 fully saturated rings. The molecule has 0 saturated heterocycles. The summed E-state index contributed by atoms with van der Waals surface area (Å²) in [5.74, 6) is -1.01. The van der Waals surface area contributed by atoms with Gasteiger partial charge in [0.25, 0.3) is 0 Å². The van der Waals surface area contributed by atoms with Gasteiger partial charge in [0.2, 0.25) is 5.78 Å². The molecule has 1 heterocycles. The van der Waals surface area contributed by atoms with Crippen molar-refractivity contribution in [3.63, 3.8) is 0 Å². The van der Waals surface area contributed by atoms with Crippen LogP contribution in [0.25, 0.3) is 0 Å². The van der Waals surface area contributed by atoms with Crippen LogP contribution in [0.2, 0.25) is 0 Å². The number of ether oxygens (including phenoxy) is 1. The van der Waals surface area contributed by atoms with E-state index in [1.165, 1.54) is 12.1 Å². The number of esters is 1. The van der Waals surface area contributed by atoms with Crippen molar-refractivity contribution in [2.24, 2.45) is 0 Å². The summed E-state index contributed by atoms with van der Waals surface area (Å²) in [6.07, 6.45) is 1.51. The molecule has 0 unspecified atom stereocenters. The van der Waals surface area contributed by atoms with Crippen LogP contribution >= 0.6 is 11.3 Å². The van der Waals surface area contributed by atoms with E-state index >= 15 is 0 Å². The first-order chi connectivity index (χ1) is 11.5. The predicted octanol–water partition coefficient (Wildman–Crippen LogP) is 3.82. The molecule has 0 saturated carbocycles. The average molecular weight is 347 g/mol. The Labute approximate surface area is 143 Å². The topological polar surface area (TPSA) is 86.5 Å². The number of ketones is 1. The zero-order valence-corrected chi connectivity index (χ0v) is 14.2. The normalized spacial score (nSPS) is 10.4. The van der Waals surface area contributed by atoms with Gasteiger partial charge in [0.15, 0.2) is 6.61 Å². The van der Waals surface area contributed by atoms with Gasteiger partial charge in [-0.25, -0.2) is 4.79 Å². The van der Waals surface area contributed by atoms with Crippen LogP contribution in [0.5, 0.6) is 0 Å². The van der Waals surface area contributed by atoms with Crippen LogP contribution in [0.4, 0.5) is 5.00 Å². The number of hydrogen-bond donors (Lipinski definition) is 0. The standard InChI is InChI=1S/C17H17NO5S/c1-3-11-5-6-12(4-2)13(9-11)14(19)10-23-17(20)15-7-8-16(24-15)18(21)22/h5-9H,3-4,10H2,1-2H3. The smallest absolute Gasteiger partial charge is 0.349 e. The Morgan fingerprint density at radius 1 is 1.17 bits per heavy atom. The maximum absolute atomic E-state index is 12.4. The number of carbonyl (C=O) groups is 2. The van der Waals surface area contributed by atoms with Gasteiger partial charge in [0, 0.05) is 11.6 Å². The monoisotopic (exact) mass is 347 g/mol. The van der Waals surface area contributed by atoms with Crippen molar-refractivity contribution in [1.29, 1.82) is 0 Å². The van der Waals surface area contributed by atoms with Crippen LogP contribution in [-0.2, 0) is 17.6 Å². The highest BCUT2D eigenvalue weighted by Crippen LogP contribution is 2.24. The van der Waals surface area contributed by atoms with Gasteiger partial charge >= 0.3 is 11.0 Å². The number of thiophene rings is 1. The third kappa shape index (κ3) is 4.05. The number of nitrogens with zero attached hydrogens (tertiary/aromatic N) is 1. The highest BCUT2D eigenvalue weighted by atomic mass is 32.1. The van der Waals surface area contributed by atoms with Crippen LogP contribution in [-0.4, -0.2) is 23.3 Å². The van der Waals surface area contributed by atoms with Crippen molar-refractivity contribution in [2.45, 2.75) is 26.7 Å². The van der Waals surface area contributed by atoms with Gasteiger partial charge < -0.3 is 4.74 Å². The van der Waals surface area contributed by atoms with Crippen molar-refractivity contribution in [3.05, 3.63) is 62.0 Å². The van der Waals surface area contributed by atoms with Crippen LogP contribution in [0.15, 0.2) is 30.3 Å². The van der Waals surface area contributed by atoms with E-state index < -0.39 is 10.9 Å². The van der Waals surface area contributed by atoms with E-state index in [0.717, 1.165) is 28.9 Å². The van der Waals surface area contributed by atoms with Gasteiger partial charge in [0.1, 0.15) is 4.88 Å². The molecule has 1 aromatic heterocycles. The number of benzene rings is 1. The molecular formula is C17H17NO5S. The van der Waals surface area contributed by atoms with Gasteiger partial charge in [-0.2, -0.15) is 0 Å². The summed E-state index contributed by atoms with van der Waals surface area (Å²) in [5, 5.41) is 10.5. The van der Waals surface area contributed by atoms with Crippen LogP contribution in [0, 0.1) is 10.1 Å². The molecule has 126 valence electrons. The minimum Gasteiger partial charge on any atom is -0.453 e. The minimum atomic E-state index is -0.730. The van der Waals surface area contributed by atoms with Crippen LogP contribution < -0.4 is 0 Å². The van der Waals surface area contributed by atoms with Gasteiger partial charge in [0.05, 0.1) is 4.92 Å². The maximum Gasteiger partial charge on any atom is 0.349 e. The molecule has 0 bridgehead atoms. The quantitative estimate of drug-likeness (QED) is 0.329. The zero-order valence-electron chi connectivity index (χ0n) is 13.4. The summed E-state index contributed by atoms with van der Waals surface area (Å²) in [5.41, 5.74) is 2.50. The Kier molecular flexibility index (Phi) is 5.81. The molecule has 0 atom stereocenters.